The van der Waals surface area contributed by atoms with E-state index in [9.17, 15) is 5.11 Å². The van der Waals surface area contributed by atoms with Gasteiger partial charge in [0.1, 0.15) is 5.75 Å². The zero-order valence-electron chi connectivity index (χ0n) is 9.66. The van der Waals surface area contributed by atoms with E-state index in [4.69, 9.17) is 11.6 Å². The van der Waals surface area contributed by atoms with E-state index in [0.29, 0.717) is 17.6 Å². The van der Waals surface area contributed by atoms with Gasteiger partial charge in [-0.2, -0.15) is 11.8 Å². The summed E-state index contributed by atoms with van der Waals surface area (Å²) in [6.07, 6.45) is 3.17. The molecule has 0 amide bonds. The summed E-state index contributed by atoms with van der Waals surface area (Å²) in [5.74, 6) is 1.33. The number of aromatic hydroxyl groups is 1. The van der Waals surface area contributed by atoms with Crippen LogP contribution in [0, 0.1) is 0 Å². The number of rotatable bonds is 6. The molecule has 90 valence electrons. The SMILES string of the molecule is CCC(CSC)NCc1c(O)cccc1Cl. The molecule has 0 radical (unpaired) electrons. The predicted octanol–water partition coefficient (Wildman–Crippen LogP) is 3.28. The summed E-state index contributed by atoms with van der Waals surface area (Å²) in [7, 11) is 0. The van der Waals surface area contributed by atoms with Gasteiger partial charge in [-0.1, -0.05) is 24.6 Å². The number of phenols is 1. The minimum Gasteiger partial charge on any atom is -0.508 e. The summed E-state index contributed by atoms with van der Waals surface area (Å²) in [5, 5.41) is 13.7. The van der Waals surface area contributed by atoms with Crippen LogP contribution < -0.4 is 5.32 Å². The molecule has 1 rings (SSSR count). The molecule has 1 aromatic rings. The Morgan fingerprint density at radius 1 is 1.50 bits per heavy atom. The lowest BCUT2D eigenvalue weighted by Crippen LogP contribution is -2.30. The van der Waals surface area contributed by atoms with Gasteiger partial charge in [-0.15, -0.1) is 0 Å². The van der Waals surface area contributed by atoms with Crippen LogP contribution in [0.2, 0.25) is 5.02 Å². The van der Waals surface area contributed by atoms with Crippen LogP contribution >= 0.6 is 23.4 Å². The van der Waals surface area contributed by atoms with Crippen molar-refractivity contribution in [3.63, 3.8) is 0 Å². The number of phenolic OH excluding ortho intramolecular Hbond substituents is 1. The Labute approximate surface area is 106 Å². The fourth-order valence-corrected chi connectivity index (χ4v) is 2.48. The highest BCUT2D eigenvalue weighted by atomic mass is 35.5. The van der Waals surface area contributed by atoms with Crippen LogP contribution in [0.3, 0.4) is 0 Å². The van der Waals surface area contributed by atoms with Gasteiger partial charge in [-0.05, 0) is 24.8 Å². The Kier molecular flexibility index (Phi) is 6.03. The molecule has 1 atom stereocenters. The van der Waals surface area contributed by atoms with Crippen molar-refractivity contribution in [1.29, 1.82) is 0 Å². The van der Waals surface area contributed by atoms with E-state index < -0.39 is 0 Å². The van der Waals surface area contributed by atoms with Gasteiger partial charge in [-0.3, -0.25) is 0 Å². The number of nitrogens with one attached hydrogen (secondary N) is 1. The summed E-state index contributed by atoms with van der Waals surface area (Å²) in [6.45, 7) is 2.77. The van der Waals surface area contributed by atoms with Crippen molar-refractivity contribution >= 4 is 23.4 Å². The summed E-state index contributed by atoms with van der Waals surface area (Å²) >= 11 is 7.85. The molecule has 0 fully saturated rings. The summed E-state index contributed by atoms with van der Waals surface area (Å²) < 4.78 is 0. The van der Waals surface area contributed by atoms with Crippen molar-refractivity contribution in [1.82, 2.24) is 5.32 Å². The van der Waals surface area contributed by atoms with E-state index in [2.05, 4.69) is 18.5 Å². The molecule has 0 heterocycles. The number of thioether (sulfide) groups is 1. The zero-order chi connectivity index (χ0) is 12.0. The summed E-state index contributed by atoms with van der Waals surface area (Å²) in [4.78, 5) is 0. The van der Waals surface area contributed by atoms with E-state index >= 15 is 0 Å². The van der Waals surface area contributed by atoms with E-state index in [1.807, 2.05) is 11.8 Å². The van der Waals surface area contributed by atoms with Gasteiger partial charge >= 0.3 is 0 Å². The van der Waals surface area contributed by atoms with Gasteiger partial charge < -0.3 is 10.4 Å². The monoisotopic (exact) mass is 259 g/mol. The normalized spacial score (nSPS) is 12.7. The van der Waals surface area contributed by atoms with Crippen molar-refractivity contribution < 1.29 is 5.11 Å². The van der Waals surface area contributed by atoms with Crippen LogP contribution in [0.15, 0.2) is 18.2 Å². The molecule has 0 spiro atoms. The highest BCUT2D eigenvalue weighted by molar-refractivity contribution is 7.98. The van der Waals surface area contributed by atoms with Crippen molar-refractivity contribution in [2.75, 3.05) is 12.0 Å². The Balaban J connectivity index is 2.59. The first-order chi connectivity index (χ1) is 7.69. The van der Waals surface area contributed by atoms with Crippen molar-refractivity contribution in [2.45, 2.75) is 25.9 Å². The van der Waals surface area contributed by atoms with Gasteiger partial charge in [0.15, 0.2) is 0 Å². The lowest BCUT2D eigenvalue weighted by Gasteiger charge is -2.16. The summed E-state index contributed by atoms with van der Waals surface area (Å²) in [6, 6.07) is 5.68. The second-order valence-electron chi connectivity index (χ2n) is 3.68. The van der Waals surface area contributed by atoms with E-state index in [0.717, 1.165) is 17.7 Å². The molecule has 0 saturated heterocycles. The first kappa shape index (κ1) is 13.7. The van der Waals surface area contributed by atoms with Crippen LogP contribution in [-0.2, 0) is 6.54 Å². The van der Waals surface area contributed by atoms with Crippen molar-refractivity contribution in [3.05, 3.63) is 28.8 Å². The predicted molar refractivity (Wildman–Crippen MR) is 72.4 cm³/mol. The molecule has 4 heteroatoms. The third-order valence-electron chi connectivity index (χ3n) is 2.52. The largest absolute Gasteiger partial charge is 0.508 e. The van der Waals surface area contributed by atoms with E-state index in [1.165, 1.54) is 0 Å². The number of hydrogen-bond acceptors (Lipinski definition) is 3. The van der Waals surface area contributed by atoms with Gasteiger partial charge in [0.25, 0.3) is 0 Å². The third kappa shape index (κ3) is 3.89. The molecular weight excluding hydrogens is 242 g/mol. The second kappa shape index (κ2) is 7.05. The lowest BCUT2D eigenvalue weighted by molar-refractivity contribution is 0.458. The lowest BCUT2D eigenvalue weighted by atomic mass is 10.1. The van der Waals surface area contributed by atoms with Crippen LogP contribution in [0.4, 0.5) is 0 Å². The smallest absolute Gasteiger partial charge is 0.121 e. The van der Waals surface area contributed by atoms with Crippen LogP contribution in [0.1, 0.15) is 18.9 Å². The Bertz CT molecular complexity index is 313. The number of benzene rings is 1. The maximum atomic E-state index is 9.68. The molecule has 0 aliphatic heterocycles. The molecular formula is C12H18ClNOS. The fraction of sp³-hybridized carbons (Fsp3) is 0.500. The minimum atomic E-state index is 0.263. The zero-order valence-corrected chi connectivity index (χ0v) is 11.2. The highest BCUT2D eigenvalue weighted by Gasteiger charge is 2.09. The van der Waals surface area contributed by atoms with Crippen LogP contribution in [0.25, 0.3) is 0 Å². The topological polar surface area (TPSA) is 32.3 Å². The molecule has 0 bridgehead atoms. The molecule has 16 heavy (non-hydrogen) atoms. The molecule has 2 nitrogen and oxygen atoms in total. The molecule has 0 aliphatic carbocycles. The number of halogens is 1. The minimum absolute atomic E-state index is 0.263. The van der Waals surface area contributed by atoms with E-state index in [-0.39, 0.29) is 5.75 Å². The van der Waals surface area contributed by atoms with Gasteiger partial charge in [0.2, 0.25) is 0 Å². The third-order valence-corrected chi connectivity index (χ3v) is 3.61. The quantitative estimate of drug-likeness (QED) is 0.822. The first-order valence-electron chi connectivity index (χ1n) is 5.37. The van der Waals surface area contributed by atoms with Gasteiger partial charge in [0, 0.05) is 28.9 Å². The molecule has 1 unspecified atom stereocenters. The molecule has 1 aromatic carbocycles. The summed E-state index contributed by atoms with van der Waals surface area (Å²) in [5.41, 5.74) is 0.781. The molecule has 0 saturated carbocycles. The van der Waals surface area contributed by atoms with Gasteiger partial charge in [0.05, 0.1) is 0 Å². The first-order valence-corrected chi connectivity index (χ1v) is 7.14. The van der Waals surface area contributed by atoms with Crippen LogP contribution in [0.5, 0.6) is 5.75 Å². The maximum absolute atomic E-state index is 9.68. The molecule has 2 N–H and O–H groups in total. The van der Waals surface area contributed by atoms with E-state index in [1.54, 1.807) is 18.2 Å². The molecule has 0 aromatic heterocycles. The van der Waals surface area contributed by atoms with Gasteiger partial charge in [-0.25, -0.2) is 0 Å². The number of hydrogen-bond donors (Lipinski definition) is 2. The Morgan fingerprint density at radius 3 is 2.81 bits per heavy atom. The average Bonchev–Trinajstić information content (AvgIpc) is 2.27. The van der Waals surface area contributed by atoms with Crippen molar-refractivity contribution in [2.24, 2.45) is 0 Å². The standard InChI is InChI=1S/C12H18ClNOS/c1-3-9(8-16-2)14-7-10-11(13)5-4-6-12(10)15/h4-6,9,14-15H,3,7-8H2,1-2H3. The molecule has 0 aliphatic rings. The van der Waals surface area contributed by atoms with Crippen LogP contribution in [-0.4, -0.2) is 23.2 Å². The second-order valence-corrected chi connectivity index (χ2v) is 5.00. The fourth-order valence-electron chi connectivity index (χ4n) is 1.49. The Hall–Kier alpha value is -0.380. The maximum Gasteiger partial charge on any atom is 0.121 e. The van der Waals surface area contributed by atoms with Crippen molar-refractivity contribution in [3.8, 4) is 5.75 Å². The Morgan fingerprint density at radius 2 is 2.25 bits per heavy atom. The average molecular weight is 260 g/mol. The highest BCUT2D eigenvalue weighted by Crippen LogP contribution is 2.25.